The van der Waals surface area contributed by atoms with Gasteiger partial charge in [0.15, 0.2) is 0 Å². The van der Waals surface area contributed by atoms with Gasteiger partial charge < -0.3 is 5.11 Å². The lowest BCUT2D eigenvalue weighted by atomic mass is 10.2. The molecular weight excluding hydrogens is 425 g/mol. The van der Waals surface area contributed by atoms with E-state index >= 15 is 0 Å². The maximum atomic E-state index is 10.8. The first-order valence-corrected chi connectivity index (χ1v) is 8.42. The Morgan fingerprint density at radius 2 is 1.35 bits per heavy atom. The molecule has 120 valence electrons. The molecular formula is C13H5Cl5N2O2S. The molecule has 0 aliphatic rings. The lowest BCUT2D eigenvalue weighted by Crippen LogP contribution is -1.93. The molecule has 0 aromatic heterocycles. The Bertz CT molecular complexity index is 767. The van der Waals surface area contributed by atoms with Crippen molar-refractivity contribution in [2.75, 3.05) is 0 Å². The molecule has 23 heavy (non-hydrogen) atoms. The number of carboxylic acid groups (broad SMARTS) is 1. The largest absolute Gasteiger partial charge is 0.478 e. The standard InChI is InChI=1S/C13H5Cl5N2O2S/c14-7-8(15)10(17)12(11(18)9(7)16)23-20-19-6-3-1-5(2-4-6)13(21)22/h1-4H,(H,21,22). The van der Waals surface area contributed by atoms with Gasteiger partial charge in [0.1, 0.15) is 0 Å². The number of carboxylic acids is 1. The fourth-order valence-electron chi connectivity index (χ4n) is 1.44. The van der Waals surface area contributed by atoms with Crippen molar-refractivity contribution in [3.8, 4) is 0 Å². The molecule has 0 saturated carbocycles. The number of halogens is 5. The van der Waals surface area contributed by atoms with Crippen LogP contribution in [-0.4, -0.2) is 11.1 Å². The fourth-order valence-corrected chi connectivity index (χ4v) is 3.48. The van der Waals surface area contributed by atoms with E-state index in [-0.39, 0.29) is 30.7 Å². The van der Waals surface area contributed by atoms with Gasteiger partial charge in [-0.3, -0.25) is 0 Å². The lowest BCUT2D eigenvalue weighted by molar-refractivity contribution is 0.0697. The van der Waals surface area contributed by atoms with Crippen LogP contribution in [0.5, 0.6) is 0 Å². The quantitative estimate of drug-likeness (QED) is 0.237. The van der Waals surface area contributed by atoms with E-state index in [1.807, 2.05) is 0 Å². The number of carbonyl (C=O) groups is 1. The third-order valence-electron chi connectivity index (χ3n) is 2.57. The average molecular weight is 431 g/mol. The van der Waals surface area contributed by atoms with E-state index in [1.54, 1.807) is 0 Å². The van der Waals surface area contributed by atoms with Gasteiger partial charge >= 0.3 is 5.97 Å². The highest BCUT2D eigenvalue weighted by molar-refractivity contribution is 7.98. The van der Waals surface area contributed by atoms with Gasteiger partial charge in [-0.2, -0.15) is 0 Å². The minimum atomic E-state index is -1.02. The van der Waals surface area contributed by atoms with Gasteiger partial charge in [0.05, 0.1) is 41.3 Å². The normalized spacial score (nSPS) is 11.2. The van der Waals surface area contributed by atoms with Crippen molar-refractivity contribution in [3.63, 3.8) is 0 Å². The summed E-state index contributed by atoms with van der Waals surface area (Å²) < 4.78 is 3.88. The Kier molecular flexibility index (Phi) is 6.42. The van der Waals surface area contributed by atoms with Gasteiger partial charge in [-0.15, -0.1) is 9.63 Å². The number of rotatable bonds is 4. The van der Waals surface area contributed by atoms with Crippen LogP contribution >= 0.6 is 70.0 Å². The van der Waals surface area contributed by atoms with Crippen LogP contribution in [0, 0.1) is 0 Å². The van der Waals surface area contributed by atoms with E-state index in [4.69, 9.17) is 63.1 Å². The first kappa shape index (κ1) is 18.6. The molecule has 0 fully saturated rings. The molecule has 10 heteroatoms. The van der Waals surface area contributed by atoms with Crippen LogP contribution in [0.2, 0.25) is 25.1 Å². The van der Waals surface area contributed by atoms with E-state index in [1.165, 1.54) is 24.3 Å². The molecule has 0 heterocycles. The van der Waals surface area contributed by atoms with Gasteiger partial charge in [0.25, 0.3) is 0 Å². The molecule has 4 nitrogen and oxygen atoms in total. The van der Waals surface area contributed by atoms with E-state index in [0.29, 0.717) is 10.6 Å². The van der Waals surface area contributed by atoms with Crippen LogP contribution in [0.1, 0.15) is 10.4 Å². The first-order chi connectivity index (χ1) is 10.8. The van der Waals surface area contributed by atoms with Gasteiger partial charge in [-0.25, -0.2) is 4.79 Å². The van der Waals surface area contributed by atoms with Crippen molar-refractivity contribution in [2.24, 2.45) is 9.63 Å². The van der Waals surface area contributed by atoms with Crippen LogP contribution in [0.4, 0.5) is 5.69 Å². The molecule has 0 saturated heterocycles. The molecule has 0 aliphatic carbocycles. The Morgan fingerprint density at radius 1 is 0.870 bits per heavy atom. The zero-order valence-corrected chi connectivity index (χ0v) is 15.5. The average Bonchev–Trinajstić information content (AvgIpc) is 2.54. The van der Waals surface area contributed by atoms with Crippen molar-refractivity contribution in [3.05, 3.63) is 54.9 Å². The Hall–Kier alpha value is -0.690. The first-order valence-electron chi connectivity index (χ1n) is 5.75. The van der Waals surface area contributed by atoms with Crippen molar-refractivity contribution >= 4 is 81.6 Å². The molecule has 1 N–H and O–H groups in total. The maximum absolute atomic E-state index is 10.8. The highest BCUT2D eigenvalue weighted by Crippen LogP contribution is 2.48. The van der Waals surface area contributed by atoms with Gasteiger partial charge in [0, 0.05) is 11.9 Å². The van der Waals surface area contributed by atoms with E-state index in [2.05, 4.69) is 9.63 Å². The number of hydrogen-bond donors (Lipinski definition) is 1. The third kappa shape index (κ3) is 4.24. The van der Waals surface area contributed by atoms with Gasteiger partial charge in [0.2, 0.25) is 0 Å². The summed E-state index contributed by atoms with van der Waals surface area (Å²) in [6.45, 7) is 0. The second-order valence-electron chi connectivity index (χ2n) is 4.02. The van der Waals surface area contributed by atoms with Gasteiger partial charge in [-0.1, -0.05) is 58.0 Å². The second kappa shape index (κ2) is 7.92. The van der Waals surface area contributed by atoms with Crippen LogP contribution in [0.15, 0.2) is 38.8 Å². The van der Waals surface area contributed by atoms with Crippen molar-refractivity contribution in [1.29, 1.82) is 0 Å². The fraction of sp³-hybridized carbons (Fsp3) is 0. The zero-order chi connectivity index (χ0) is 17.1. The second-order valence-corrected chi connectivity index (χ2v) is 6.67. The zero-order valence-electron chi connectivity index (χ0n) is 10.9. The lowest BCUT2D eigenvalue weighted by Gasteiger charge is -2.09. The maximum Gasteiger partial charge on any atom is 0.335 e. The topological polar surface area (TPSA) is 62.0 Å². The van der Waals surface area contributed by atoms with E-state index in [0.717, 1.165) is 11.9 Å². The molecule has 2 aromatic carbocycles. The summed E-state index contributed by atoms with van der Waals surface area (Å²) in [6, 6.07) is 5.85. The third-order valence-corrected chi connectivity index (χ3v) is 5.83. The molecule has 2 rings (SSSR count). The highest BCUT2D eigenvalue weighted by atomic mass is 35.5. The molecule has 0 amide bonds. The number of hydrogen-bond acceptors (Lipinski definition) is 4. The van der Waals surface area contributed by atoms with Crippen LogP contribution in [0.3, 0.4) is 0 Å². The summed E-state index contributed by atoms with van der Waals surface area (Å²) in [5.41, 5.74) is 0.611. The summed E-state index contributed by atoms with van der Waals surface area (Å²) in [4.78, 5) is 11.1. The summed E-state index contributed by atoms with van der Waals surface area (Å²) in [5.74, 6) is -1.02. The number of nitrogens with zero attached hydrogens (tertiary/aromatic N) is 2. The van der Waals surface area contributed by atoms with Gasteiger partial charge in [-0.05, 0) is 24.3 Å². The van der Waals surface area contributed by atoms with Crippen molar-refractivity contribution in [1.82, 2.24) is 0 Å². The summed E-state index contributed by atoms with van der Waals surface area (Å²) in [6.07, 6.45) is 0. The number of benzene rings is 2. The predicted molar refractivity (Wildman–Crippen MR) is 95.3 cm³/mol. The van der Waals surface area contributed by atoms with Crippen LogP contribution < -0.4 is 0 Å². The van der Waals surface area contributed by atoms with Crippen LogP contribution in [-0.2, 0) is 0 Å². The van der Waals surface area contributed by atoms with E-state index in [9.17, 15) is 4.79 Å². The highest BCUT2D eigenvalue weighted by Gasteiger charge is 2.19. The SMILES string of the molecule is O=C(O)c1ccc(N=NSc2c(Cl)c(Cl)c(Cl)c(Cl)c2Cl)cc1. The molecule has 0 radical (unpaired) electrons. The smallest absolute Gasteiger partial charge is 0.335 e. The summed E-state index contributed by atoms with van der Waals surface area (Å²) in [5, 5.41) is 13.2. The van der Waals surface area contributed by atoms with Crippen molar-refractivity contribution < 1.29 is 9.90 Å². The molecule has 0 aliphatic heterocycles. The van der Waals surface area contributed by atoms with Crippen molar-refractivity contribution in [2.45, 2.75) is 4.90 Å². The Morgan fingerprint density at radius 3 is 1.83 bits per heavy atom. The molecule has 0 unspecified atom stereocenters. The van der Waals surface area contributed by atoms with E-state index < -0.39 is 5.97 Å². The number of aromatic carboxylic acids is 1. The Balaban J connectivity index is 2.22. The molecule has 0 atom stereocenters. The Labute approximate surface area is 160 Å². The summed E-state index contributed by atoms with van der Waals surface area (Å²) in [7, 11) is 0. The predicted octanol–water partition coefficient (Wildman–Crippen LogP) is 7.44. The summed E-state index contributed by atoms with van der Waals surface area (Å²) >= 11 is 30.8. The monoisotopic (exact) mass is 428 g/mol. The molecule has 0 spiro atoms. The van der Waals surface area contributed by atoms with Crippen LogP contribution in [0.25, 0.3) is 0 Å². The minimum Gasteiger partial charge on any atom is -0.478 e. The molecule has 0 bridgehead atoms. The molecule has 2 aromatic rings. The minimum absolute atomic E-state index is 0.0638.